The summed E-state index contributed by atoms with van der Waals surface area (Å²) in [6, 6.07) is 3.01. The van der Waals surface area contributed by atoms with Gasteiger partial charge in [-0.15, -0.1) is 0 Å². The van der Waals surface area contributed by atoms with Crippen LogP contribution < -0.4 is 0 Å². The predicted octanol–water partition coefficient (Wildman–Crippen LogP) is 1.71. The van der Waals surface area contributed by atoms with Crippen LogP contribution in [0.15, 0.2) is 17.2 Å². The lowest BCUT2D eigenvalue weighted by molar-refractivity contribution is 0.0236. The monoisotopic (exact) mass is 237 g/mol. The molecule has 0 saturated heterocycles. The van der Waals surface area contributed by atoms with Crippen molar-refractivity contribution in [3.63, 3.8) is 0 Å². The Bertz CT molecular complexity index is 432. The molecule has 0 fully saturated rings. The van der Waals surface area contributed by atoms with Gasteiger partial charge in [0.2, 0.25) is 0 Å². The fourth-order valence-corrected chi connectivity index (χ4v) is 1.83. The Balaban J connectivity index is 3.03. The summed E-state index contributed by atoms with van der Waals surface area (Å²) < 4.78 is 0. The third kappa shape index (κ3) is 3.10. The molecule has 0 heterocycles. The van der Waals surface area contributed by atoms with Gasteiger partial charge in [0.15, 0.2) is 0 Å². The van der Waals surface area contributed by atoms with E-state index in [-0.39, 0.29) is 12.3 Å². The van der Waals surface area contributed by atoms with Gasteiger partial charge in [0.1, 0.15) is 11.9 Å². The molecule has 17 heavy (non-hydrogen) atoms. The van der Waals surface area contributed by atoms with Crippen LogP contribution in [0.1, 0.15) is 22.8 Å². The summed E-state index contributed by atoms with van der Waals surface area (Å²) in [5.74, 6) is 0.112. The third-order valence-corrected chi connectivity index (χ3v) is 2.57. The van der Waals surface area contributed by atoms with Gasteiger partial charge in [-0.25, -0.2) is 0 Å². The normalized spacial score (nSPS) is 13.9. The quantitative estimate of drug-likeness (QED) is 0.421. The van der Waals surface area contributed by atoms with Crippen LogP contribution in [-0.2, 0) is 0 Å². The lowest BCUT2D eigenvalue weighted by Crippen LogP contribution is -2.22. The number of rotatable bonds is 4. The van der Waals surface area contributed by atoms with Gasteiger partial charge < -0.3 is 15.3 Å². The molecule has 0 aliphatic rings. The Morgan fingerprint density at radius 1 is 1.29 bits per heavy atom. The zero-order valence-corrected chi connectivity index (χ0v) is 9.70. The lowest BCUT2D eigenvalue weighted by atomic mass is 9.94. The van der Waals surface area contributed by atoms with Crippen LogP contribution in [0.4, 0.5) is 0 Å². The van der Waals surface area contributed by atoms with E-state index in [0.29, 0.717) is 16.7 Å². The number of azide groups is 1. The molecule has 0 aromatic heterocycles. The van der Waals surface area contributed by atoms with Crippen molar-refractivity contribution in [3.05, 3.63) is 39.3 Å². The highest BCUT2D eigenvalue weighted by atomic mass is 16.3. The van der Waals surface area contributed by atoms with Crippen LogP contribution in [0.2, 0.25) is 0 Å². The van der Waals surface area contributed by atoms with E-state index < -0.39 is 12.2 Å². The summed E-state index contributed by atoms with van der Waals surface area (Å²) in [5.41, 5.74) is 10.0. The van der Waals surface area contributed by atoms with E-state index in [9.17, 15) is 15.3 Å². The summed E-state index contributed by atoms with van der Waals surface area (Å²) in [7, 11) is 0. The molecule has 1 rings (SSSR count). The molecule has 2 atom stereocenters. The number of benzene rings is 1. The van der Waals surface area contributed by atoms with E-state index in [4.69, 9.17) is 5.53 Å². The summed E-state index contributed by atoms with van der Waals surface area (Å²) in [4.78, 5) is 2.52. The molecule has 0 amide bonds. The van der Waals surface area contributed by atoms with Gasteiger partial charge in [-0.3, -0.25) is 0 Å². The first-order valence-electron chi connectivity index (χ1n) is 5.14. The first kappa shape index (κ1) is 13.3. The van der Waals surface area contributed by atoms with Crippen LogP contribution >= 0.6 is 0 Å². The van der Waals surface area contributed by atoms with Crippen molar-refractivity contribution in [2.45, 2.75) is 26.1 Å². The van der Waals surface area contributed by atoms with Crippen molar-refractivity contribution in [1.29, 1.82) is 0 Å². The Morgan fingerprint density at radius 2 is 1.82 bits per heavy atom. The Labute approximate surface area is 98.8 Å². The third-order valence-electron chi connectivity index (χ3n) is 2.57. The predicted molar refractivity (Wildman–Crippen MR) is 62.6 cm³/mol. The molecule has 0 radical (unpaired) electrons. The molecule has 92 valence electrons. The van der Waals surface area contributed by atoms with E-state index in [1.54, 1.807) is 13.8 Å². The van der Waals surface area contributed by atoms with Crippen molar-refractivity contribution < 1.29 is 15.3 Å². The van der Waals surface area contributed by atoms with E-state index in [2.05, 4.69) is 10.0 Å². The number of aryl methyl sites for hydroxylation is 2. The van der Waals surface area contributed by atoms with Crippen molar-refractivity contribution >= 4 is 0 Å². The van der Waals surface area contributed by atoms with Gasteiger partial charge in [-0.2, -0.15) is 0 Å². The average molecular weight is 237 g/mol. The Morgan fingerprint density at radius 3 is 2.29 bits per heavy atom. The molecular formula is C11H15N3O3. The maximum Gasteiger partial charge on any atom is 0.116 e. The number of aliphatic hydroxyl groups is 2. The molecule has 3 N–H and O–H groups in total. The minimum atomic E-state index is -1.16. The highest BCUT2D eigenvalue weighted by Crippen LogP contribution is 2.28. The minimum absolute atomic E-state index is 0.112. The van der Waals surface area contributed by atoms with Gasteiger partial charge in [0, 0.05) is 4.91 Å². The van der Waals surface area contributed by atoms with Crippen LogP contribution in [0, 0.1) is 13.8 Å². The molecule has 6 nitrogen and oxygen atoms in total. The summed E-state index contributed by atoms with van der Waals surface area (Å²) in [6.07, 6.45) is -2.30. The molecule has 0 saturated carbocycles. The molecule has 2 unspecified atom stereocenters. The van der Waals surface area contributed by atoms with Crippen LogP contribution in [-0.4, -0.2) is 28.0 Å². The number of nitrogens with zero attached hydrogens (tertiary/aromatic N) is 3. The standard InChI is InChI=1S/C11H15N3O3/c1-6-3-8(15)4-7(2)10(6)11(17)9(16)5-13-14-12/h3-4,9,11,15-17H,5H2,1-2H3. The number of phenolic OH excluding ortho intramolecular Hbond substituents is 1. The molecule has 0 spiro atoms. The average Bonchev–Trinajstić information content (AvgIpc) is 2.24. The number of hydrogen-bond donors (Lipinski definition) is 3. The highest BCUT2D eigenvalue weighted by molar-refractivity contribution is 5.42. The second-order valence-corrected chi connectivity index (χ2v) is 3.92. The fraction of sp³-hybridized carbons (Fsp3) is 0.455. The van der Waals surface area contributed by atoms with E-state index in [1.807, 2.05) is 0 Å². The largest absolute Gasteiger partial charge is 0.508 e. The van der Waals surface area contributed by atoms with Gasteiger partial charge in [-0.05, 0) is 48.2 Å². The second-order valence-electron chi connectivity index (χ2n) is 3.92. The number of aromatic hydroxyl groups is 1. The van der Waals surface area contributed by atoms with E-state index in [0.717, 1.165) is 0 Å². The summed E-state index contributed by atoms with van der Waals surface area (Å²) in [5, 5.41) is 32.2. The molecule has 1 aromatic rings. The lowest BCUT2D eigenvalue weighted by Gasteiger charge is -2.20. The van der Waals surface area contributed by atoms with Gasteiger partial charge in [-0.1, -0.05) is 5.11 Å². The highest BCUT2D eigenvalue weighted by Gasteiger charge is 2.21. The Hall–Kier alpha value is -1.75. The Kier molecular flexibility index (Phi) is 4.34. The SMILES string of the molecule is Cc1cc(O)cc(C)c1C(O)C(O)CN=[N+]=[N-]. The first-order chi connectivity index (χ1) is 7.97. The summed E-state index contributed by atoms with van der Waals surface area (Å²) >= 11 is 0. The second kappa shape index (κ2) is 5.54. The van der Waals surface area contributed by atoms with Gasteiger partial charge in [0.05, 0.1) is 12.6 Å². The maximum atomic E-state index is 9.95. The molecule has 0 aliphatic heterocycles. The topological polar surface area (TPSA) is 109 Å². The van der Waals surface area contributed by atoms with Crippen molar-refractivity contribution in [2.75, 3.05) is 6.54 Å². The van der Waals surface area contributed by atoms with E-state index >= 15 is 0 Å². The van der Waals surface area contributed by atoms with E-state index in [1.165, 1.54) is 12.1 Å². The minimum Gasteiger partial charge on any atom is -0.508 e. The number of phenols is 1. The van der Waals surface area contributed by atoms with Crippen molar-refractivity contribution in [2.24, 2.45) is 5.11 Å². The zero-order chi connectivity index (χ0) is 13.0. The molecular weight excluding hydrogens is 222 g/mol. The number of aliphatic hydroxyl groups excluding tert-OH is 2. The van der Waals surface area contributed by atoms with Crippen LogP contribution in [0.25, 0.3) is 10.4 Å². The number of hydrogen-bond acceptors (Lipinski definition) is 4. The zero-order valence-electron chi connectivity index (χ0n) is 9.70. The molecule has 1 aromatic carbocycles. The van der Waals surface area contributed by atoms with Gasteiger partial charge >= 0.3 is 0 Å². The van der Waals surface area contributed by atoms with Gasteiger partial charge in [0.25, 0.3) is 0 Å². The van der Waals surface area contributed by atoms with Crippen LogP contribution in [0.3, 0.4) is 0 Å². The molecule has 6 heteroatoms. The smallest absolute Gasteiger partial charge is 0.116 e. The van der Waals surface area contributed by atoms with Crippen molar-refractivity contribution in [1.82, 2.24) is 0 Å². The van der Waals surface area contributed by atoms with Crippen molar-refractivity contribution in [3.8, 4) is 5.75 Å². The maximum absolute atomic E-state index is 9.95. The fourth-order valence-electron chi connectivity index (χ4n) is 1.83. The summed E-state index contributed by atoms with van der Waals surface area (Å²) in [6.45, 7) is 3.26. The van der Waals surface area contributed by atoms with Crippen LogP contribution in [0.5, 0.6) is 5.75 Å². The molecule has 0 aliphatic carbocycles. The molecule has 0 bridgehead atoms. The first-order valence-corrected chi connectivity index (χ1v) is 5.14.